The van der Waals surface area contributed by atoms with E-state index in [0.29, 0.717) is 28.5 Å². The molecule has 0 spiro atoms. The molecule has 5 aromatic rings. The summed E-state index contributed by atoms with van der Waals surface area (Å²) < 4.78 is 5.36. The summed E-state index contributed by atoms with van der Waals surface area (Å²) in [5.41, 5.74) is 3.91. The molecule has 7 rings (SSSR count). The Morgan fingerprint density at radius 1 is 0.848 bits per heavy atom. The van der Waals surface area contributed by atoms with Crippen LogP contribution in [0.25, 0.3) is 10.9 Å². The molecular weight excluding hydrogens is 578 g/mol. The van der Waals surface area contributed by atoms with E-state index in [-0.39, 0.29) is 30.8 Å². The highest BCUT2D eigenvalue weighted by Crippen LogP contribution is 2.40. The van der Waals surface area contributed by atoms with Gasteiger partial charge in [0.25, 0.3) is 0 Å². The lowest BCUT2D eigenvalue weighted by Crippen LogP contribution is -2.49. The van der Waals surface area contributed by atoms with Crippen LogP contribution in [0.4, 0.5) is 22.7 Å². The summed E-state index contributed by atoms with van der Waals surface area (Å²) in [6, 6.07) is 31.8. The van der Waals surface area contributed by atoms with Gasteiger partial charge in [-0.2, -0.15) is 5.10 Å². The number of carbonyl (C=O) groups is 3. The fourth-order valence-corrected chi connectivity index (χ4v) is 6.79. The first-order valence-electron chi connectivity index (χ1n) is 15.7. The number of aromatic nitrogens is 2. The van der Waals surface area contributed by atoms with E-state index < -0.39 is 11.8 Å². The van der Waals surface area contributed by atoms with E-state index in [2.05, 4.69) is 10.2 Å². The van der Waals surface area contributed by atoms with Crippen LogP contribution in [0.15, 0.2) is 103 Å². The predicted molar refractivity (Wildman–Crippen MR) is 178 cm³/mol. The summed E-state index contributed by atoms with van der Waals surface area (Å²) in [4.78, 5) is 48.7. The molecule has 0 bridgehead atoms. The van der Waals surface area contributed by atoms with E-state index in [9.17, 15) is 14.4 Å². The zero-order valence-corrected chi connectivity index (χ0v) is 25.6. The number of nitrogens with zero attached hydrogens (tertiary/aromatic N) is 4. The first-order valence-corrected chi connectivity index (χ1v) is 15.7. The minimum absolute atomic E-state index is 0.0203. The second-order valence-electron chi connectivity index (χ2n) is 11.8. The molecule has 0 saturated heterocycles. The fourth-order valence-electron chi connectivity index (χ4n) is 6.79. The molecule has 1 saturated carbocycles. The van der Waals surface area contributed by atoms with Gasteiger partial charge in [-0.15, -0.1) is 0 Å². The minimum atomic E-state index is -1.12. The second-order valence-corrected chi connectivity index (χ2v) is 11.8. The van der Waals surface area contributed by atoms with E-state index in [1.807, 2.05) is 108 Å². The molecule has 1 aromatic heterocycles. The summed E-state index contributed by atoms with van der Waals surface area (Å²) in [7, 11) is 1.61. The zero-order chi connectivity index (χ0) is 31.6. The molecule has 232 valence electrons. The Morgan fingerprint density at radius 3 is 2.26 bits per heavy atom. The highest BCUT2D eigenvalue weighted by molar-refractivity contribution is 6.21. The molecular formula is C37H35N5O4. The van der Waals surface area contributed by atoms with Crippen LogP contribution in [-0.2, 0) is 20.8 Å². The van der Waals surface area contributed by atoms with Crippen molar-refractivity contribution in [3.05, 3.63) is 109 Å². The third kappa shape index (κ3) is 5.38. The number of methoxy groups -OCH3 is 1. The summed E-state index contributed by atoms with van der Waals surface area (Å²) in [5.74, 6) is -1.42. The van der Waals surface area contributed by atoms with Crippen LogP contribution in [-0.4, -0.2) is 47.6 Å². The van der Waals surface area contributed by atoms with Crippen molar-refractivity contribution in [1.29, 1.82) is 0 Å². The molecule has 1 fully saturated rings. The van der Waals surface area contributed by atoms with Crippen molar-refractivity contribution in [3.63, 3.8) is 0 Å². The van der Waals surface area contributed by atoms with Gasteiger partial charge < -0.3 is 14.5 Å². The van der Waals surface area contributed by atoms with Crippen LogP contribution >= 0.6 is 0 Å². The Hall–Kier alpha value is -5.44. The van der Waals surface area contributed by atoms with Crippen LogP contribution < -0.4 is 19.4 Å². The zero-order valence-electron chi connectivity index (χ0n) is 25.6. The van der Waals surface area contributed by atoms with E-state index >= 15 is 0 Å². The topological polar surface area (TPSA) is 98.8 Å². The molecule has 1 aliphatic carbocycles. The number of carbonyl (C=O) groups excluding carboxylic acids is 3. The third-order valence-corrected chi connectivity index (χ3v) is 9.06. The van der Waals surface area contributed by atoms with Gasteiger partial charge >= 0.3 is 0 Å². The monoisotopic (exact) mass is 613 g/mol. The quantitative estimate of drug-likeness (QED) is 0.204. The number of rotatable bonds is 8. The second kappa shape index (κ2) is 12.5. The van der Waals surface area contributed by atoms with E-state index in [0.717, 1.165) is 42.3 Å². The number of amides is 3. The van der Waals surface area contributed by atoms with Crippen molar-refractivity contribution < 1.29 is 19.1 Å². The average Bonchev–Trinajstić information content (AvgIpc) is 3.76. The van der Waals surface area contributed by atoms with Gasteiger partial charge in [-0.05, 0) is 67.4 Å². The summed E-state index contributed by atoms with van der Waals surface area (Å²) >= 11 is 0. The molecule has 1 unspecified atom stereocenters. The molecule has 2 aliphatic rings. The number of anilines is 4. The lowest BCUT2D eigenvalue weighted by Gasteiger charge is -2.32. The van der Waals surface area contributed by atoms with Gasteiger partial charge in [0.15, 0.2) is 0 Å². The summed E-state index contributed by atoms with van der Waals surface area (Å²) in [6.45, 7) is -0.216. The largest absolute Gasteiger partial charge is 0.497 e. The molecule has 3 amide bonds. The molecule has 4 aromatic carbocycles. The van der Waals surface area contributed by atoms with Crippen molar-refractivity contribution in [2.45, 2.75) is 38.1 Å². The van der Waals surface area contributed by atoms with Gasteiger partial charge in [0.05, 0.1) is 29.7 Å². The Balaban J connectivity index is 1.31. The van der Waals surface area contributed by atoms with Gasteiger partial charge in [-0.1, -0.05) is 61.4 Å². The van der Waals surface area contributed by atoms with Crippen LogP contribution in [0.5, 0.6) is 5.75 Å². The number of hydrogen-bond donors (Lipinski definition) is 1. The first-order chi connectivity index (χ1) is 22.5. The molecule has 1 atom stereocenters. The van der Waals surface area contributed by atoms with Crippen molar-refractivity contribution in [2.75, 3.05) is 28.4 Å². The van der Waals surface area contributed by atoms with Crippen LogP contribution in [0.1, 0.15) is 31.4 Å². The van der Waals surface area contributed by atoms with Crippen LogP contribution in [0, 0.1) is 5.92 Å². The van der Waals surface area contributed by atoms with Crippen LogP contribution in [0.2, 0.25) is 0 Å². The van der Waals surface area contributed by atoms with Gasteiger partial charge in [0.2, 0.25) is 17.7 Å². The Bertz CT molecular complexity index is 1880. The molecule has 0 radical (unpaired) electrons. The van der Waals surface area contributed by atoms with E-state index in [4.69, 9.17) is 4.74 Å². The number of benzene rings is 4. The molecule has 1 N–H and O–H groups in total. The van der Waals surface area contributed by atoms with Crippen molar-refractivity contribution in [3.8, 4) is 5.75 Å². The Morgan fingerprint density at radius 2 is 1.52 bits per heavy atom. The molecule has 1 aliphatic heterocycles. The van der Waals surface area contributed by atoms with Gasteiger partial charge in [-0.3, -0.25) is 24.4 Å². The lowest BCUT2D eigenvalue weighted by atomic mass is 9.98. The van der Waals surface area contributed by atoms with Crippen molar-refractivity contribution >= 4 is 51.4 Å². The third-order valence-electron chi connectivity index (χ3n) is 9.06. The molecule has 2 heterocycles. The number of para-hydroxylation sites is 4. The average molecular weight is 614 g/mol. The number of fused-ring (bicyclic) bond motifs is 2. The minimum Gasteiger partial charge on any atom is -0.497 e. The Labute approximate surface area is 267 Å². The first kappa shape index (κ1) is 29.3. The van der Waals surface area contributed by atoms with Crippen LogP contribution in [0.3, 0.4) is 0 Å². The maximum atomic E-state index is 14.7. The highest BCUT2D eigenvalue weighted by Gasteiger charge is 2.43. The number of nitrogens with one attached hydrogen (secondary N) is 1. The maximum Gasteiger partial charge on any atom is 0.247 e. The number of H-pyrrole nitrogens is 1. The predicted octanol–water partition coefficient (Wildman–Crippen LogP) is 6.42. The Kier molecular flexibility index (Phi) is 7.97. The molecule has 46 heavy (non-hydrogen) atoms. The summed E-state index contributed by atoms with van der Waals surface area (Å²) in [6.07, 6.45) is 3.93. The fraction of sp³-hybridized carbons (Fsp3) is 0.243. The SMILES string of the molecule is COc1ccc(N(C(=O)CN2C(=O)C(Cc3n[nH]c4ccccc34)C(=O)N(c3ccccc3)c3ccccc32)C2CCCC2)cc1. The normalized spacial score (nSPS) is 16.8. The van der Waals surface area contributed by atoms with Gasteiger partial charge in [0, 0.05) is 29.2 Å². The van der Waals surface area contributed by atoms with Crippen molar-refractivity contribution in [2.24, 2.45) is 5.92 Å². The number of hydrogen-bond acceptors (Lipinski definition) is 5. The molecule has 9 nitrogen and oxygen atoms in total. The van der Waals surface area contributed by atoms with Gasteiger partial charge in [-0.25, -0.2) is 0 Å². The standard InChI is InChI=1S/C37H35N5O4/c1-46-28-21-19-27(20-22-28)41(25-13-5-6-14-25)35(43)24-40-33-17-9-10-18-34(33)42(26-11-3-2-4-12-26)37(45)30(36(40)44)23-32-29-15-7-8-16-31(29)38-39-32/h2-4,7-12,15-22,25,30H,5-6,13-14,23-24H2,1H3,(H,38,39). The van der Waals surface area contributed by atoms with Gasteiger partial charge in [0.1, 0.15) is 18.2 Å². The smallest absolute Gasteiger partial charge is 0.247 e. The van der Waals surface area contributed by atoms with E-state index in [1.54, 1.807) is 12.0 Å². The van der Waals surface area contributed by atoms with E-state index in [1.165, 1.54) is 4.90 Å². The van der Waals surface area contributed by atoms with Crippen molar-refractivity contribution in [1.82, 2.24) is 10.2 Å². The highest BCUT2D eigenvalue weighted by atomic mass is 16.5. The number of ether oxygens (including phenoxy) is 1. The summed E-state index contributed by atoms with van der Waals surface area (Å²) in [5, 5.41) is 8.39. The maximum absolute atomic E-state index is 14.7. The molecule has 9 heteroatoms. The lowest BCUT2D eigenvalue weighted by molar-refractivity contribution is -0.132. The number of aromatic amines is 1.